The number of rotatable bonds is 6. The molecule has 0 saturated carbocycles. The molecule has 1 aromatic carbocycles. The molecule has 2 rings (SSSR count). The van der Waals surface area contributed by atoms with Crippen LogP contribution in [0.15, 0.2) is 27.4 Å². The van der Waals surface area contributed by atoms with Crippen molar-refractivity contribution in [2.75, 3.05) is 0 Å². The molecule has 0 fully saturated rings. The van der Waals surface area contributed by atoms with Gasteiger partial charge in [0, 0.05) is 12.5 Å². The van der Waals surface area contributed by atoms with Gasteiger partial charge >= 0.3 is 0 Å². The van der Waals surface area contributed by atoms with Crippen LogP contribution in [0.1, 0.15) is 31.7 Å². The number of aryl methyl sites for hydroxylation is 1. The highest BCUT2D eigenvalue weighted by Gasteiger charge is 2.10. The van der Waals surface area contributed by atoms with Crippen LogP contribution in [0.3, 0.4) is 0 Å². The summed E-state index contributed by atoms with van der Waals surface area (Å²) in [6.07, 6.45) is 2.40. The molecule has 0 amide bonds. The standard InChI is InChI=1S/C14H18FN3S2/c1-3-10(16)7-9-5-6-12(11(15)8-9)19-14-17-13(4-2)18-20-14/h5-6,8,10H,3-4,7,16H2,1-2H3. The Balaban J connectivity index is 2.09. The van der Waals surface area contributed by atoms with Crippen LogP contribution >= 0.6 is 23.3 Å². The fraction of sp³-hybridized carbons (Fsp3) is 0.429. The minimum Gasteiger partial charge on any atom is -0.327 e. The molecule has 1 atom stereocenters. The lowest BCUT2D eigenvalue weighted by Crippen LogP contribution is -2.21. The van der Waals surface area contributed by atoms with Gasteiger partial charge in [-0.1, -0.05) is 31.7 Å². The third-order valence-electron chi connectivity index (χ3n) is 2.98. The number of halogens is 1. The first-order chi connectivity index (χ1) is 9.62. The van der Waals surface area contributed by atoms with Crippen molar-refractivity contribution in [1.82, 2.24) is 9.36 Å². The molecule has 0 aliphatic heterocycles. The summed E-state index contributed by atoms with van der Waals surface area (Å²) in [5.74, 6) is 0.590. The Labute approximate surface area is 127 Å². The van der Waals surface area contributed by atoms with Gasteiger partial charge in [0.15, 0.2) is 4.34 Å². The van der Waals surface area contributed by atoms with Crippen molar-refractivity contribution >= 4 is 23.3 Å². The van der Waals surface area contributed by atoms with E-state index in [1.54, 1.807) is 12.1 Å². The maximum absolute atomic E-state index is 14.1. The molecule has 1 aromatic heterocycles. The van der Waals surface area contributed by atoms with E-state index in [2.05, 4.69) is 9.36 Å². The van der Waals surface area contributed by atoms with Crippen LogP contribution in [-0.4, -0.2) is 15.4 Å². The summed E-state index contributed by atoms with van der Waals surface area (Å²) in [6, 6.07) is 5.38. The van der Waals surface area contributed by atoms with E-state index >= 15 is 0 Å². The van der Waals surface area contributed by atoms with Crippen molar-refractivity contribution in [2.24, 2.45) is 5.73 Å². The average molecular weight is 311 g/mol. The second-order valence-corrected chi connectivity index (χ2v) is 6.61. The number of hydrogen-bond acceptors (Lipinski definition) is 5. The Morgan fingerprint density at radius 2 is 2.20 bits per heavy atom. The zero-order valence-corrected chi connectivity index (χ0v) is 13.2. The van der Waals surface area contributed by atoms with Crippen LogP contribution in [-0.2, 0) is 12.8 Å². The average Bonchev–Trinajstić information content (AvgIpc) is 2.89. The SMILES string of the molecule is CCc1nsc(Sc2ccc(CC(N)CC)cc2F)n1. The van der Waals surface area contributed by atoms with Crippen LogP contribution in [0, 0.1) is 5.82 Å². The number of nitrogens with two attached hydrogens (primary N) is 1. The summed E-state index contributed by atoms with van der Waals surface area (Å²) in [5.41, 5.74) is 6.83. The van der Waals surface area contributed by atoms with Crippen LogP contribution in [0.5, 0.6) is 0 Å². The molecule has 1 unspecified atom stereocenters. The fourth-order valence-electron chi connectivity index (χ4n) is 1.72. The topological polar surface area (TPSA) is 51.8 Å². The first-order valence-electron chi connectivity index (χ1n) is 6.66. The van der Waals surface area contributed by atoms with Gasteiger partial charge in [0.2, 0.25) is 0 Å². The lowest BCUT2D eigenvalue weighted by molar-refractivity contribution is 0.593. The molecule has 2 N–H and O–H groups in total. The third-order valence-corrected chi connectivity index (χ3v) is 4.82. The van der Waals surface area contributed by atoms with E-state index < -0.39 is 0 Å². The second-order valence-electron chi connectivity index (χ2n) is 4.57. The molecule has 20 heavy (non-hydrogen) atoms. The summed E-state index contributed by atoms with van der Waals surface area (Å²) in [7, 11) is 0. The summed E-state index contributed by atoms with van der Waals surface area (Å²) in [5, 5.41) is 0. The molecule has 6 heteroatoms. The van der Waals surface area contributed by atoms with Crippen LogP contribution in [0.2, 0.25) is 0 Å². The van der Waals surface area contributed by atoms with Gasteiger partial charge in [-0.15, -0.1) is 0 Å². The Bertz CT molecular complexity index is 571. The van der Waals surface area contributed by atoms with Gasteiger partial charge in [0.1, 0.15) is 11.6 Å². The molecule has 0 aliphatic carbocycles. The summed E-state index contributed by atoms with van der Waals surface area (Å²) in [6.45, 7) is 4.04. The van der Waals surface area contributed by atoms with Crippen molar-refractivity contribution < 1.29 is 4.39 Å². The summed E-state index contributed by atoms with van der Waals surface area (Å²) in [4.78, 5) is 4.91. The van der Waals surface area contributed by atoms with Crippen molar-refractivity contribution in [3.05, 3.63) is 35.4 Å². The van der Waals surface area contributed by atoms with E-state index in [-0.39, 0.29) is 11.9 Å². The van der Waals surface area contributed by atoms with E-state index in [4.69, 9.17) is 5.73 Å². The van der Waals surface area contributed by atoms with Gasteiger partial charge in [-0.25, -0.2) is 9.37 Å². The predicted octanol–water partition coefficient (Wildman–Crippen LogP) is 3.67. The predicted molar refractivity (Wildman–Crippen MR) is 81.8 cm³/mol. The molecule has 2 aromatic rings. The lowest BCUT2D eigenvalue weighted by Gasteiger charge is -2.09. The molecule has 1 heterocycles. The number of nitrogens with zero attached hydrogens (tertiary/aromatic N) is 2. The van der Waals surface area contributed by atoms with Crippen LogP contribution in [0.25, 0.3) is 0 Å². The van der Waals surface area contributed by atoms with Gasteiger partial charge in [-0.2, -0.15) is 4.37 Å². The maximum Gasteiger partial charge on any atom is 0.174 e. The Morgan fingerprint density at radius 1 is 1.40 bits per heavy atom. The Morgan fingerprint density at radius 3 is 2.80 bits per heavy atom. The number of benzene rings is 1. The van der Waals surface area contributed by atoms with Crippen molar-refractivity contribution in [2.45, 2.75) is 48.4 Å². The molecule has 0 aliphatic rings. The highest BCUT2D eigenvalue weighted by molar-refractivity contribution is 8.01. The van der Waals surface area contributed by atoms with Gasteiger partial charge < -0.3 is 5.73 Å². The minimum absolute atomic E-state index is 0.0863. The van der Waals surface area contributed by atoms with Crippen LogP contribution in [0.4, 0.5) is 4.39 Å². The lowest BCUT2D eigenvalue weighted by atomic mass is 10.0. The first-order valence-corrected chi connectivity index (χ1v) is 8.25. The van der Waals surface area contributed by atoms with E-state index in [9.17, 15) is 4.39 Å². The molecular weight excluding hydrogens is 293 g/mol. The molecule has 0 radical (unpaired) electrons. The molecule has 3 nitrogen and oxygen atoms in total. The van der Waals surface area contributed by atoms with Crippen LogP contribution < -0.4 is 5.73 Å². The maximum atomic E-state index is 14.1. The van der Waals surface area contributed by atoms with Gasteiger partial charge in [-0.05, 0) is 42.1 Å². The monoisotopic (exact) mass is 311 g/mol. The highest BCUT2D eigenvalue weighted by atomic mass is 32.2. The first kappa shape index (κ1) is 15.4. The van der Waals surface area contributed by atoms with E-state index in [1.807, 2.05) is 19.9 Å². The van der Waals surface area contributed by atoms with E-state index in [0.29, 0.717) is 11.3 Å². The third kappa shape index (κ3) is 4.01. The van der Waals surface area contributed by atoms with Crippen molar-refractivity contribution in [3.63, 3.8) is 0 Å². The minimum atomic E-state index is -0.218. The van der Waals surface area contributed by atoms with Gasteiger partial charge in [0.05, 0.1) is 4.90 Å². The molecular formula is C14H18FN3S2. The van der Waals surface area contributed by atoms with E-state index in [0.717, 1.165) is 28.6 Å². The molecule has 108 valence electrons. The van der Waals surface area contributed by atoms with Crippen molar-refractivity contribution in [3.8, 4) is 0 Å². The Kier molecular flexibility index (Phi) is 5.51. The highest BCUT2D eigenvalue weighted by Crippen LogP contribution is 2.31. The van der Waals surface area contributed by atoms with Gasteiger partial charge in [0.25, 0.3) is 0 Å². The Hall–Kier alpha value is -0.980. The van der Waals surface area contributed by atoms with E-state index in [1.165, 1.54) is 23.3 Å². The summed E-state index contributed by atoms with van der Waals surface area (Å²) < 4.78 is 19.0. The van der Waals surface area contributed by atoms with Gasteiger partial charge in [-0.3, -0.25) is 0 Å². The quantitative estimate of drug-likeness (QED) is 0.884. The zero-order valence-electron chi connectivity index (χ0n) is 11.6. The normalized spacial score (nSPS) is 12.6. The second kappa shape index (κ2) is 7.15. The van der Waals surface area contributed by atoms with Crippen molar-refractivity contribution in [1.29, 1.82) is 0 Å². The molecule has 0 spiro atoms. The molecule has 0 bridgehead atoms. The number of aromatic nitrogens is 2. The molecule has 0 saturated heterocycles. The fourth-order valence-corrected chi connectivity index (χ4v) is 3.38. The smallest absolute Gasteiger partial charge is 0.174 e. The summed E-state index contributed by atoms with van der Waals surface area (Å²) >= 11 is 2.63. The number of hydrogen-bond donors (Lipinski definition) is 1. The largest absolute Gasteiger partial charge is 0.327 e. The zero-order chi connectivity index (χ0) is 14.5.